The summed E-state index contributed by atoms with van der Waals surface area (Å²) >= 11 is 1.54. The molecule has 1 N–H and O–H groups in total. The fourth-order valence-corrected chi connectivity index (χ4v) is 3.43. The van der Waals surface area contributed by atoms with Crippen molar-refractivity contribution in [3.63, 3.8) is 0 Å². The van der Waals surface area contributed by atoms with Crippen LogP contribution in [-0.4, -0.2) is 42.0 Å². The standard InChI is InChI=1S/C18H23N3O2S.2ClH/c1-13-3-5-16(6-4-13)23-11-17-20-14(12-24-17)9-18(22)21(2)15-7-8-19-10-15;;/h3-6,12,15,19H,7-11H2,1-2H3;2*1H. The van der Waals surface area contributed by atoms with E-state index in [0.717, 1.165) is 36.0 Å². The third-order valence-corrected chi connectivity index (χ3v) is 5.16. The van der Waals surface area contributed by atoms with Crippen molar-refractivity contribution in [2.24, 2.45) is 0 Å². The SMILES string of the molecule is Cc1ccc(OCc2nc(CC(=O)N(C)C3CCNC3)cs2)cc1.Cl.Cl. The van der Waals surface area contributed by atoms with Gasteiger partial charge in [-0.3, -0.25) is 4.79 Å². The van der Waals surface area contributed by atoms with Crippen LogP contribution in [-0.2, 0) is 17.8 Å². The maximum atomic E-state index is 12.4. The molecule has 1 aliphatic heterocycles. The fourth-order valence-electron chi connectivity index (χ4n) is 2.73. The quantitative estimate of drug-likeness (QED) is 0.783. The van der Waals surface area contributed by atoms with Gasteiger partial charge in [0, 0.05) is 25.0 Å². The summed E-state index contributed by atoms with van der Waals surface area (Å²) in [7, 11) is 1.88. The number of likely N-dealkylation sites (N-methyl/N-ethyl adjacent to an activating group) is 1. The van der Waals surface area contributed by atoms with Gasteiger partial charge in [0.05, 0.1) is 12.1 Å². The minimum Gasteiger partial charge on any atom is -0.486 e. The van der Waals surface area contributed by atoms with E-state index in [-0.39, 0.29) is 30.7 Å². The van der Waals surface area contributed by atoms with Crippen LogP contribution >= 0.6 is 36.2 Å². The van der Waals surface area contributed by atoms with Gasteiger partial charge in [-0.05, 0) is 32.0 Å². The highest BCUT2D eigenvalue weighted by atomic mass is 35.5. The molecule has 0 bridgehead atoms. The van der Waals surface area contributed by atoms with Crippen molar-refractivity contribution < 1.29 is 9.53 Å². The van der Waals surface area contributed by atoms with Gasteiger partial charge in [0.2, 0.25) is 5.91 Å². The fraction of sp³-hybridized carbons (Fsp3) is 0.444. The normalized spacial score (nSPS) is 15.7. The number of carbonyl (C=O) groups is 1. The van der Waals surface area contributed by atoms with Crippen LogP contribution in [0.1, 0.15) is 22.7 Å². The smallest absolute Gasteiger partial charge is 0.228 e. The van der Waals surface area contributed by atoms with E-state index in [4.69, 9.17) is 4.74 Å². The van der Waals surface area contributed by atoms with Crippen LogP contribution in [0.3, 0.4) is 0 Å². The molecule has 2 heterocycles. The molecular weight excluding hydrogens is 393 g/mol. The first-order valence-corrected chi connectivity index (χ1v) is 9.09. The Morgan fingerprint density at radius 1 is 1.35 bits per heavy atom. The third-order valence-electron chi connectivity index (χ3n) is 4.29. The van der Waals surface area contributed by atoms with E-state index < -0.39 is 0 Å². The number of ether oxygens (including phenoxy) is 1. The molecule has 144 valence electrons. The van der Waals surface area contributed by atoms with Crippen molar-refractivity contribution in [3.8, 4) is 5.75 Å². The lowest BCUT2D eigenvalue weighted by Gasteiger charge is -2.23. The molecule has 8 heteroatoms. The highest BCUT2D eigenvalue weighted by Gasteiger charge is 2.23. The Balaban J connectivity index is 0.00000169. The largest absolute Gasteiger partial charge is 0.486 e. The molecule has 1 aromatic carbocycles. The molecule has 1 aliphatic rings. The van der Waals surface area contributed by atoms with Crippen LogP contribution in [0.4, 0.5) is 0 Å². The molecule has 2 aromatic rings. The van der Waals surface area contributed by atoms with Crippen molar-refractivity contribution in [3.05, 3.63) is 45.9 Å². The molecule has 5 nitrogen and oxygen atoms in total. The first kappa shape index (κ1) is 22.7. The highest BCUT2D eigenvalue weighted by Crippen LogP contribution is 2.17. The molecule has 1 atom stereocenters. The monoisotopic (exact) mass is 417 g/mol. The maximum Gasteiger partial charge on any atom is 0.228 e. The molecule has 26 heavy (non-hydrogen) atoms. The van der Waals surface area contributed by atoms with Gasteiger partial charge in [-0.25, -0.2) is 4.98 Å². The molecule has 1 amide bonds. The van der Waals surface area contributed by atoms with Gasteiger partial charge in [-0.15, -0.1) is 36.2 Å². The van der Waals surface area contributed by atoms with E-state index in [1.165, 1.54) is 16.9 Å². The summed E-state index contributed by atoms with van der Waals surface area (Å²) in [6.07, 6.45) is 1.38. The average molecular weight is 418 g/mol. The Labute approximate surface area is 171 Å². The van der Waals surface area contributed by atoms with Gasteiger partial charge in [-0.1, -0.05) is 17.7 Å². The number of aromatic nitrogens is 1. The molecule has 1 fully saturated rings. The van der Waals surface area contributed by atoms with Crippen LogP contribution in [0.25, 0.3) is 0 Å². The van der Waals surface area contributed by atoms with Gasteiger partial charge < -0.3 is 15.0 Å². The predicted octanol–water partition coefficient (Wildman–Crippen LogP) is 3.24. The first-order chi connectivity index (χ1) is 11.6. The van der Waals surface area contributed by atoms with Gasteiger partial charge in [0.15, 0.2) is 0 Å². The number of thiazole rings is 1. The van der Waals surface area contributed by atoms with Crippen LogP contribution in [0, 0.1) is 6.92 Å². The van der Waals surface area contributed by atoms with E-state index >= 15 is 0 Å². The number of nitrogens with zero attached hydrogens (tertiary/aromatic N) is 2. The first-order valence-electron chi connectivity index (χ1n) is 8.21. The minimum atomic E-state index is 0. The molecular formula is C18H25Cl2N3O2S. The number of aryl methyl sites for hydroxylation is 1. The average Bonchev–Trinajstić information content (AvgIpc) is 3.25. The van der Waals surface area contributed by atoms with Crippen molar-refractivity contribution in [1.29, 1.82) is 0 Å². The predicted molar refractivity (Wildman–Crippen MR) is 110 cm³/mol. The summed E-state index contributed by atoms with van der Waals surface area (Å²) < 4.78 is 5.74. The lowest BCUT2D eigenvalue weighted by atomic mass is 10.2. The molecule has 1 aromatic heterocycles. The second-order valence-corrected chi connectivity index (χ2v) is 7.11. The number of halogens is 2. The van der Waals surface area contributed by atoms with Crippen molar-refractivity contribution in [2.75, 3.05) is 20.1 Å². The van der Waals surface area contributed by atoms with E-state index in [9.17, 15) is 4.79 Å². The van der Waals surface area contributed by atoms with Crippen molar-refractivity contribution in [1.82, 2.24) is 15.2 Å². The van der Waals surface area contributed by atoms with Gasteiger partial charge in [0.1, 0.15) is 17.4 Å². The van der Waals surface area contributed by atoms with Crippen molar-refractivity contribution >= 4 is 42.1 Å². The lowest BCUT2D eigenvalue weighted by Crippen LogP contribution is -2.39. The van der Waals surface area contributed by atoms with Crippen LogP contribution < -0.4 is 10.1 Å². The molecule has 3 rings (SSSR count). The zero-order valence-corrected chi connectivity index (χ0v) is 17.4. The summed E-state index contributed by atoms with van der Waals surface area (Å²) in [5.41, 5.74) is 2.03. The number of benzene rings is 1. The number of hydrogen-bond acceptors (Lipinski definition) is 5. The van der Waals surface area contributed by atoms with Crippen LogP contribution in [0.2, 0.25) is 0 Å². The van der Waals surface area contributed by atoms with Gasteiger partial charge >= 0.3 is 0 Å². The Morgan fingerprint density at radius 3 is 2.73 bits per heavy atom. The number of rotatable bonds is 6. The maximum absolute atomic E-state index is 12.4. The molecule has 0 radical (unpaired) electrons. The van der Waals surface area contributed by atoms with E-state index in [0.29, 0.717) is 19.1 Å². The number of amides is 1. The third kappa shape index (κ3) is 6.13. The summed E-state index contributed by atoms with van der Waals surface area (Å²) in [5, 5.41) is 6.13. The Hall–Kier alpha value is -1.34. The Kier molecular flexibility index (Phi) is 9.36. The summed E-state index contributed by atoms with van der Waals surface area (Å²) in [5.74, 6) is 0.960. The number of nitrogens with one attached hydrogen (secondary N) is 1. The topological polar surface area (TPSA) is 54.5 Å². The molecule has 0 aliphatic carbocycles. The van der Waals surface area contributed by atoms with E-state index in [1.807, 2.05) is 48.5 Å². The number of carbonyl (C=O) groups excluding carboxylic acids is 1. The van der Waals surface area contributed by atoms with E-state index in [1.54, 1.807) is 0 Å². The summed E-state index contributed by atoms with van der Waals surface area (Å²) in [6.45, 7) is 4.35. The second kappa shape index (κ2) is 10.7. The molecule has 0 spiro atoms. The minimum absolute atomic E-state index is 0. The van der Waals surface area contributed by atoms with Gasteiger partial charge in [-0.2, -0.15) is 0 Å². The number of hydrogen-bond donors (Lipinski definition) is 1. The zero-order valence-electron chi connectivity index (χ0n) is 14.9. The van der Waals surface area contributed by atoms with Crippen LogP contribution in [0.15, 0.2) is 29.6 Å². The van der Waals surface area contributed by atoms with E-state index in [2.05, 4.69) is 10.3 Å². The Morgan fingerprint density at radius 2 is 2.08 bits per heavy atom. The second-order valence-electron chi connectivity index (χ2n) is 6.16. The van der Waals surface area contributed by atoms with Crippen LogP contribution in [0.5, 0.6) is 5.75 Å². The molecule has 1 saturated heterocycles. The molecule has 0 saturated carbocycles. The van der Waals surface area contributed by atoms with Gasteiger partial charge in [0.25, 0.3) is 0 Å². The lowest BCUT2D eigenvalue weighted by molar-refractivity contribution is -0.130. The zero-order chi connectivity index (χ0) is 16.9. The summed E-state index contributed by atoms with van der Waals surface area (Å²) in [6, 6.07) is 8.26. The Bertz CT molecular complexity index is 688. The molecule has 1 unspecified atom stereocenters. The highest BCUT2D eigenvalue weighted by molar-refractivity contribution is 7.09. The summed E-state index contributed by atoms with van der Waals surface area (Å²) in [4.78, 5) is 18.7. The van der Waals surface area contributed by atoms with Crippen molar-refractivity contribution in [2.45, 2.75) is 32.4 Å².